The molecule has 1 aliphatic rings. The molecule has 1 N–H and O–H groups in total. The van der Waals surface area contributed by atoms with Crippen LogP contribution in [0.2, 0.25) is 0 Å². The topological polar surface area (TPSA) is 45.2 Å². The van der Waals surface area contributed by atoms with Crippen LogP contribution in [-0.2, 0) is 4.79 Å². The van der Waals surface area contributed by atoms with Crippen molar-refractivity contribution < 1.29 is 4.79 Å². The van der Waals surface area contributed by atoms with E-state index in [1.165, 1.54) is 12.8 Å². The molecular weight excluding hydrogens is 238 g/mol. The Morgan fingerprint density at radius 3 is 2.74 bits per heavy atom. The molecule has 4 heteroatoms. The van der Waals surface area contributed by atoms with Gasteiger partial charge in [-0.1, -0.05) is 19.9 Å². The Bertz CT molecular complexity index is 415. The van der Waals surface area contributed by atoms with Crippen molar-refractivity contribution in [3.63, 3.8) is 0 Å². The van der Waals surface area contributed by atoms with E-state index in [9.17, 15) is 4.79 Å². The lowest BCUT2D eigenvalue weighted by Crippen LogP contribution is -2.39. The van der Waals surface area contributed by atoms with Crippen molar-refractivity contribution in [3.8, 4) is 0 Å². The Balaban J connectivity index is 1.94. The Morgan fingerprint density at radius 2 is 2.21 bits per heavy atom. The number of rotatable bonds is 6. The number of carbonyl (C=O) groups excluding carboxylic acids is 1. The normalized spacial score (nSPS) is 16.7. The van der Waals surface area contributed by atoms with E-state index in [2.05, 4.69) is 29.0 Å². The Kier molecular flexibility index (Phi) is 4.53. The average Bonchev–Trinajstić information content (AvgIpc) is 3.21. The van der Waals surface area contributed by atoms with E-state index in [0.717, 1.165) is 5.69 Å². The molecule has 1 fully saturated rings. The summed E-state index contributed by atoms with van der Waals surface area (Å²) in [5.41, 5.74) is 0.930. The van der Waals surface area contributed by atoms with Gasteiger partial charge in [0.25, 0.3) is 0 Å². The highest BCUT2D eigenvalue weighted by molar-refractivity contribution is 5.78. The van der Waals surface area contributed by atoms with E-state index in [0.29, 0.717) is 18.5 Å². The van der Waals surface area contributed by atoms with Crippen LogP contribution in [0.3, 0.4) is 0 Å². The number of likely N-dealkylation sites (N-methyl/N-ethyl adjacent to an activating group) is 1. The smallest absolute Gasteiger partial charge is 0.234 e. The minimum absolute atomic E-state index is 0.0127. The van der Waals surface area contributed by atoms with Gasteiger partial charge in [0, 0.05) is 12.2 Å². The first-order chi connectivity index (χ1) is 9.08. The number of nitrogens with one attached hydrogen (secondary N) is 1. The van der Waals surface area contributed by atoms with Crippen LogP contribution in [0.25, 0.3) is 0 Å². The molecule has 1 amide bonds. The summed E-state index contributed by atoms with van der Waals surface area (Å²) in [6.45, 7) is 4.68. The molecule has 1 aliphatic carbocycles. The predicted molar refractivity (Wildman–Crippen MR) is 75.6 cm³/mol. The number of carbonyl (C=O) groups is 1. The van der Waals surface area contributed by atoms with Gasteiger partial charge in [0.1, 0.15) is 0 Å². The van der Waals surface area contributed by atoms with Crippen molar-refractivity contribution in [1.82, 2.24) is 15.2 Å². The summed E-state index contributed by atoms with van der Waals surface area (Å²) < 4.78 is 0. The van der Waals surface area contributed by atoms with Crippen LogP contribution >= 0.6 is 0 Å². The van der Waals surface area contributed by atoms with Crippen LogP contribution in [0.15, 0.2) is 24.4 Å². The molecule has 104 valence electrons. The number of amides is 1. The summed E-state index contributed by atoms with van der Waals surface area (Å²) in [6.07, 6.45) is 4.21. The summed E-state index contributed by atoms with van der Waals surface area (Å²) in [5, 5.41) is 3.10. The molecule has 1 aromatic heterocycles. The Labute approximate surface area is 115 Å². The molecule has 0 unspecified atom stereocenters. The van der Waals surface area contributed by atoms with Gasteiger partial charge in [0.15, 0.2) is 0 Å². The van der Waals surface area contributed by atoms with E-state index in [-0.39, 0.29) is 11.9 Å². The number of hydrogen-bond donors (Lipinski definition) is 1. The van der Waals surface area contributed by atoms with E-state index in [1.807, 2.05) is 25.2 Å². The standard InChI is InChI=1S/C15H23N3O/c1-11(2)15(13-6-4-5-9-16-13)17-14(19)10-18(3)12-7-8-12/h4-6,9,11-12,15H,7-8,10H2,1-3H3,(H,17,19)/t15-/m1/s1. The molecule has 1 atom stereocenters. The average molecular weight is 261 g/mol. The molecule has 19 heavy (non-hydrogen) atoms. The molecular formula is C15H23N3O. The molecule has 0 aliphatic heterocycles. The van der Waals surface area contributed by atoms with Crippen LogP contribution in [0, 0.1) is 5.92 Å². The first-order valence-corrected chi connectivity index (χ1v) is 6.98. The summed E-state index contributed by atoms with van der Waals surface area (Å²) in [4.78, 5) is 18.6. The third kappa shape index (κ3) is 4.03. The van der Waals surface area contributed by atoms with Gasteiger partial charge in [0.05, 0.1) is 18.3 Å². The zero-order valence-corrected chi connectivity index (χ0v) is 12.0. The van der Waals surface area contributed by atoms with Crippen molar-refractivity contribution in [2.45, 2.75) is 38.8 Å². The molecule has 4 nitrogen and oxygen atoms in total. The highest BCUT2D eigenvalue weighted by Crippen LogP contribution is 2.25. The predicted octanol–water partition coefficient (Wildman–Crippen LogP) is 1.99. The molecule has 2 rings (SSSR count). The van der Waals surface area contributed by atoms with Crippen LogP contribution in [0.1, 0.15) is 38.4 Å². The van der Waals surface area contributed by atoms with Gasteiger partial charge in [-0.25, -0.2) is 0 Å². The summed E-state index contributed by atoms with van der Waals surface area (Å²) in [6, 6.07) is 6.42. The number of nitrogens with zero attached hydrogens (tertiary/aromatic N) is 2. The number of aromatic nitrogens is 1. The maximum absolute atomic E-state index is 12.1. The van der Waals surface area contributed by atoms with Gasteiger partial charge < -0.3 is 5.32 Å². The quantitative estimate of drug-likeness (QED) is 0.851. The molecule has 0 bridgehead atoms. The maximum Gasteiger partial charge on any atom is 0.234 e. The Morgan fingerprint density at radius 1 is 1.47 bits per heavy atom. The van der Waals surface area contributed by atoms with E-state index in [4.69, 9.17) is 0 Å². The van der Waals surface area contributed by atoms with Crippen LogP contribution in [-0.4, -0.2) is 35.4 Å². The van der Waals surface area contributed by atoms with E-state index >= 15 is 0 Å². The first kappa shape index (κ1) is 14.0. The third-order valence-corrected chi connectivity index (χ3v) is 3.55. The van der Waals surface area contributed by atoms with Gasteiger partial charge >= 0.3 is 0 Å². The fraction of sp³-hybridized carbons (Fsp3) is 0.600. The van der Waals surface area contributed by atoms with Crippen molar-refractivity contribution in [2.24, 2.45) is 5.92 Å². The lowest BCUT2D eigenvalue weighted by molar-refractivity contribution is -0.123. The second kappa shape index (κ2) is 6.15. The molecule has 1 saturated carbocycles. The highest BCUT2D eigenvalue weighted by Gasteiger charge is 2.28. The van der Waals surface area contributed by atoms with Gasteiger partial charge in [-0.2, -0.15) is 0 Å². The number of pyridine rings is 1. The lowest BCUT2D eigenvalue weighted by Gasteiger charge is -2.23. The van der Waals surface area contributed by atoms with Gasteiger partial charge in [-0.15, -0.1) is 0 Å². The summed E-state index contributed by atoms with van der Waals surface area (Å²) >= 11 is 0. The SMILES string of the molecule is CC(C)[C@@H](NC(=O)CN(C)C1CC1)c1ccccn1. The molecule has 1 aromatic rings. The zero-order valence-electron chi connectivity index (χ0n) is 12.0. The summed E-state index contributed by atoms with van der Waals surface area (Å²) in [7, 11) is 2.02. The van der Waals surface area contributed by atoms with E-state index < -0.39 is 0 Å². The van der Waals surface area contributed by atoms with Crippen molar-refractivity contribution in [2.75, 3.05) is 13.6 Å². The molecule has 0 spiro atoms. The van der Waals surface area contributed by atoms with Crippen molar-refractivity contribution >= 4 is 5.91 Å². The molecule has 0 radical (unpaired) electrons. The number of hydrogen-bond acceptors (Lipinski definition) is 3. The fourth-order valence-corrected chi connectivity index (χ4v) is 2.23. The van der Waals surface area contributed by atoms with E-state index in [1.54, 1.807) is 6.20 Å². The summed E-state index contributed by atoms with van der Waals surface area (Å²) in [5.74, 6) is 0.406. The maximum atomic E-state index is 12.1. The first-order valence-electron chi connectivity index (χ1n) is 6.98. The molecule has 0 saturated heterocycles. The minimum atomic E-state index is -0.0127. The van der Waals surface area contributed by atoms with Crippen LogP contribution in [0.4, 0.5) is 0 Å². The lowest BCUT2D eigenvalue weighted by atomic mass is 10.0. The van der Waals surface area contributed by atoms with Crippen molar-refractivity contribution in [1.29, 1.82) is 0 Å². The van der Waals surface area contributed by atoms with Gasteiger partial charge in [0.2, 0.25) is 5.91 Å². The molecule has 0 aromatic carbocycles. The monoisotopic (exact) mass is 261 g/mol. The minimum Gasteiger partial charge on any atom is -0.346 e. The Hall–Kier alpha value is -1.42. The highest BCUT2D eigenvalue weighted by atomic mass is 16.2. The second-order valence-electron chi connectivity index (χ2n) is 5.69. The van der Waals surface area contributed by atoms with Crippen LogP contribution in [0.5, 0.6) is 0 Å². The largest absolute Gasteiger partial charge is 0.346 e. The van der Waals surface area contributed by atoms with Gasteiger partial charge in [-0.3, -0.25) is 14.7 Å². The fourth-order valence-electron chi connectivity index (χ4n) is 2.23. The molecule has 1 heterocycles. The van der Waals surface area contributed by atoms with Gasteiger partial charge in [-0.05, 0) is 37.9 Å². The third-order valence-electron chi connectivity index (χ3n) is 3.55. The zero-order chi connectivity index (χ0) is 13.8. The van der Waals surface area contributed by atoms with Crippen LogP contribution < -0.4 is 5.32 Å². The van der Waals surface area contributed by atoms with Crippen molar-refractivity contribution in [3.05, 3.63) is 30.1 Å². The second-order valence-corrected chi connectivity index (χ2v) is 5.69.